The maximum atomic E-state index is 12.3. The zero-order chi connectivity index (χ0) is 16.4. The van der Waals surface area contributed by atoms with Crippen molar-refractivity contribution in [3.8, 4) is 0 Å². The summed E-state index contributed by atoms with van der Waals surface area (Å²) in [6, 6.07) is 2.91. The molecule has 0 radical (unpaired) electrons. The molecule has 1 atom stereocenters. The Hall–Kier alpha value is -1.83. The van der Waals surface area contributed by atoms with E-state index in [1.807, 2.05) is 0 Å². The van der Waals surface area contributed by atoms with Crippen LogP contribution in [0.1, 0.15) is 19.3 Å². The number of carbonyl (C=O) groups excluding carboxylic acids is 2. The number of nitrogens with one attached hydrogen (secondary N) is 1. The van der Waals surface area contributed by atoms with Crippen LogP contribution < -0.4 is 15.8 Å². The molecule has 7 nitrogen and oxygen atoms in total. The lowest BCUT2D eigenvalue weighted by Gasteiger charge is -2.32. The first-order valence-electron chi connectivity index (χ1n) is 7.81. The van der Waals surface area contributed by atoms with Gasteiger partial charge in [0.05, 0.1) is 6.04 Å². The van der Waals surface area contributed by atoms with Crippen LogP contribution in [-0.2, 0) is 16.6 Å². The molecule has 0 bridgehead atoms. The summed E-state index contributed by atoms with van der Waals surface area (Å²) in [5.41, 5.74) is -0.137. The van der Waals surface area contributed by atoms with Crippen molar-refractivity contribution in [2.45, 2.75) is 25.3 Å². The monoisotopic (exact) mass is 336 g/mol. The highest BCUT2D eigenvalue weighted by atomic mass is 32.2. The molecule has 1 aromatic rings. The van der Waals surface area contributed by atoms with E-state index in [1.165, 1.54) is 22.5 Å². The van der Waals surface area contributed by atoms with Crippen molar-refractivity contribution in [2.75, 3.05) is 23.7 Å². The summed E-state index contributed by atoms with van der Waals surface area (Å²) in [6.07, 6.45) is 2.19. The minimum Gasteiger partial charge on any atom is -0.355 e. The van der Waals surface area contributed by atoms with Crippen molar-refractivity contribution in [1.82, 2.24) is 15.1 Å². The third kappa shape index (κ3) is 3.57. The first kappa shape index (κ1) is 16.0. The summed E-state index contributed by atoms with van der Waals surface area (Å²) in [5, 5.41) is 7.20. The van der Waals surface area contributed by atoms with Crippen molar-refractivity contribution >= 4 is 28.6 Å². The number of thioether (sulfide) groups is 1. The van der Waals surface area contributed by atoms with E-state index >= 15 is 0 Å². The normalized spacial score (nSPS) is 22.4. The summed E-state index contributed by atoms with van der Waals surface area (Å²) >= 11 is 1.30. The van der Waals surface area contributed by atoms with E-state index in [1.54, 1.807) is 13.1 Å². The van der Waals surface area contributed by atoms with Crippen LogP contribution in [0.2, 0.25) is 0 Å². The predicted molar refractivity (Wildman–Crippen MR) is 88.4 cm³/mol. The molecule has 3 rings (SSSR count). The molecule has 3 heterocycles. The first-order chi connectivity index (χ1) is 11.0. The molecule has 2 fully saturated rings. The molecule has 1 N–H and O–H groups in total. The van der Waals surface area contributed by atoms with Gasteiger partial charge in [-0.25, -0.2) is 4.68 Å². The topological polar surface area (TPSA) is 84.3 Å². The number of nitrogens with zero attached hydrogens (tertiary/aromatic N) is 3. The summed E-state index contributed by atoms with van der Waals surface area (Å²) in [7, 11) is 1.63. The Kier molecular flexibility index (Phi) is 4.70. The van der Waals surface area contributed by atoms with Crippen LogP contribution in [0.25, 0.3) is 0 Å². The van der Waals surface area contributed by atoms with Gasteiger partial charge >= 0.3 is 0 Å². The van der Waals surface area contributed by atoms with E-state index in [-0.39, 0.29) is 28.5 Å². The number of anilines is 1. The Morgan fingerprint density at radius 1 is 1.26 bits per heavy atom. The molecule has 124 valence electrons. The minimum absolute atomic E-state index is 0.0149. The lowest BCUT2D eigenvalue weighted by Crippen LogP contribution is -2.45. The van der Waals surface area contributed by atoms with Gasteiger partial charge < -0.3 is 10.2 Å². The fourth-order valence-corrected chi connectivity index (χ4v) is 3.88. The highest BCUT2D eigenvalue weighted by Gasteiger charge is 2.31. The number of carbonyl (C=O) groups is 2. The van der Waals surface area contributed by atoms with Gasteiger partial charge in [-0.05, 0) is 25.3 Å². The van der Waals surface area contributed by atoms with Crippen LogP contribution in [0.3, 0.4) is 0 Å². The standard InChI is InChI=1S/C15H20N4O3S/c1-18-13(20)3-2-12(17-18)19-7-4-10(5-8-19)14(21)16-11-6-9-23-15(11)22/h2-3,10-11H,4-9H2,1H3,(H,16,21). The molecule has 23 heavy (non-hydrogen) atoms. The second-order valence-corrected chi connectivity index (χ2v) is 7.03. The zero-order valence-electron chi connectivity index (χ0n) is 13.0. The van der Waals surface area contributed by atoms with E-state index in [2.05, 4.69) is 15.3 Å². The van der Waals surface area contributed by atoms with Gasteiger partial charge in [0.2, 0.25) is 11.0 Å². The van der Waals surface area contributed by atoms with Crippen molar-refractivity contribution < 1.29 is 9.59 Å². The molecule has 2 aliphatic rings. The molecule has 1 amide bonds. The zero-order valence-corrected chi connectivity index (χ0v) is 13.8. The van der Waals surface area contributed by atoms with Gasteiger partial charge in [-0.1, -0.05) is 11.8 Å². The van der Waals surface area contributed by atoms with Gasteiger partial charge in [0.25, 0.3) is 5.56 Å². The maximum Gasteiger partial charge on any atom is 0.266 e. The van der Waals surface area contributed by atoms with E-state index < -0.39 is 0 Å². The highest BCUT2D eigenvalue weighted by Crippen LogP contribution is 2.23. The minimum atomic E-state index is -0.309. The Morgan fingerprint density at radius 3 is 2.61 bits per heavy atom. The largest absolute Gasteiger partial charge is 0.355 e. The number of amides is 1. The molecule has 0 aromatic carbocycles. The van der Waals surface area contributed by atoms with Crippen LogP contribution in [0.4, 0.5) is 5.82 Å². The Bertz CT molecular complexity index is 667. The Labute approximate surface area is 138 Å². The summed E-state index contributed by atoms with van der Waals surface area (Å²) in [6.45, 7) is 1.44. The van der Waals surface area contributed by atoms with E-state index in [4.69, 9.17) is 0 Å². The number of rotatable bonds is 3. The third-order valence-electron chi connectivity index (χ3n) is 4.39. The number of aryl methyl sites for hydroxylation is 1. The molecule has 0 spiro atoms. The van der Waals surface area contributed by atoms with Gasteiger partial charge in [-0.15, -0.1) is 0 Å². The third-order valence-corrected chi connectivity index (χ3v) is 5.40. The number of piperidine rings is 1. The fourth-order valence-electron chi connectivity index (χ4n) is 2.95. The van der Waals surface area contributed by atoms with Crippen molar-refractivity contribution in [2.24, 2.45) is 13.0 Å². The van der Waals surface area contributed by atoms with Crippen LogP contribution >= 0.6 is 11.8 Å². The number of aromatic nitrogens is 2. The number of hydrogen-bond acceptors (Lipinski definition) is 6. The molecule has 0 saturated carbocycles. The van der Waals surface area contributed by atoms with E-state index in [0.29, 0.717) is 0 Å². The summed E-state index contributed by atoms with van der Waals surface area (Å²) in [5.74, 6) is 1.48. The maximum absolute atomic E-state index is 12.3. The van der Waals surface area contributed by atoms with Gasteiger partial charge in [-0.3, -0.25) is 14.4 Å². The second-order valence-electron chi connectivity index (χ2n) is 5.93. The molecule has 1 aromatic heterocycles. The average Bonchev–Trinajstić information content (AvgIpc) is 2.95. The van der Waals surface area contributed by atoms with E-state index in [0.717, 1.165) is 43.9 Å². The average molecular weight is 336 g/mol. The number of hydrogen-bond donors (Lipinski definition) is 1. The predicted octanol–water partition coefficient (Wildman–Crippen LogP) is 0.145. The lowest BCUT2D eigenvalue weighted by atomic mass is 9.95. The highest BCUT2D eigenvalue weighted by molar-refractivity contribution is 8.14. The van der Waals surface area contributed by atoms with Gasteiger partial charge in [0.15, 0.2) is 0 Å². The van der Waals surface area contributed by atoms with Crippen LogP contribution in [-0.4, -0.2) is 45.7 Å². The SMILES string of the molecule is Cn1nc(N2CCC(C(=O)NC3CCSC3=O)CC2)ccc1=O. The van der Waals surface area contributed by atoms with Crippen LogP contribution in [0, 0.1) is 5.92 Å². The second kappa shape index (κ2) is 6.74. The van der Waals surface area contributed by atoms with Gasteiger partial charge in [0.1, 0.15) is 5.82 Å². The quantitative estimate of drug-likeness (QED) is 0.846. The summed E-state index contributed by atoms with van der Waals surface area (Å²) < 4.78 is 1.32. The molecule has 2 saturated heterocycles. The van der Waals surface area contributed by atoms with Crippen LogP contribution in [0.15, 0.2) is 16.9 Å². The molecule has 0 aliphatic carbocycles. The summed E-state index contributed by atoms with van der Waals surface area (Å²) in [4.78, 5) is 37.4. The van der Waals surface area contributed by atoms with Crippen molar-refractivity contribution in [3.63, 3.8) is 0 Å². The first-order valence-corrected chi connectivity index (χ1v) is 8.79. The lowest BCUT2D eigenvalue weighted by molar-refractivity contribution is -0.128. The van der Waals surface area contributed by atoms with Crippen molar-refractivity contribution in [1.29, 1.82) is 0 Å². The van der Waals surface area contributed by atoms with Crippen molar-refractivity contribution in [3.05, 3.63) is 22.5 Å². The van der Waals surface area contributed by atoms with Gasteiger partial charge in [-0.2, -0.15) is 5.10 Å². The Balaban J connectivity index is 1.55. The molecule has 1 unspecified atom stereocenters. The van der Waals surface area contributed by atoms with E-state index in [9.17, 15) is 14.4 Å². The Morgan fingerprint density at radius 2 is 2.00 bits per heavy atom. The van der Waals surface area contributed by atoms with Crippen LogP contribution in [0.5, 0.6) is 0 Å². The fraction of sp³-hybridized carbons (Fsp3) is 0.600. The smallest absolute Gasteiger partial charge is 0.266 e. The molecular formula is C15H20N4O3S. The molecular weight excluding hydrogens is 316 g/mol. The van der Waals surface area contributed by atoms with Gasteiger partial charge in [0, 0.05) is 37.9 Å². The molecule has 2 aliphatic heterocycles. The molecule has 8 heteroatoms.